The summed E-state index contributed by atoms with van der Waals surface area (Å²) in [7, 11) is 0. The summed E-state index contributed by atoms with van der Waals surface area (Å²) in [6.07, 6.45) is 13.3. The van der Waals surface area contributed by atoms with Crippen molar-refractivity contribution >= 4 is 21.4 Å². The summed E-state index contributed by atoms with van der Waals surface area (Å²) in [6.45, 7) is 8.72. The Bertz CT molecular complexity index is 182. The molecule has 0 aromatic carbocycles. The van der Waals surface area contributed by atoms with Crippen LogP contribution < -0.4 is 0 Å². The van der Waals surface area contributed by atoms with E-state index < -0.39 is 21.4 Å². The van der Waals surface area contributed by atoms with Crippen LogP contribution >= 0.6 is 0 Å². The van der Waals surface area contributed by atoms with Crippen molar-refractivity contribution in [3.05, 3.63) is 0 Å². The molecule has 0 aromatic rings. The van der Waals surface area contributed by atoms with Crippen LogP contribution in [-0.4, -0.2) is 46.0 Å². The predicted molar refractivity (Wildman–Crippen MR) is 89.5 cm³/mol. The third-order valence-corrected chi connectivity index (χ3v) is 15.2. The molecule has 19 heavy (non-hydrogen) atoms. The average Bonchev–Trinajstić information content (AvgIpc) is 2.46. The Hall–Kier alpha value is 0.830. The van der Waals surface area contributed by atoms with E-state index in [1.807, 2.05) is 0 Å². The van der Waals surface area contributed by atoms with Gasteiger partial charge in [-0.25, -0.2) is 0 Å². The van der Waals surface area contributed by atoms with Crippen molar-refractivity contribution in [2.45, 2.75) is 84.2 Å². The fourth-order valence-corrected chi connectivity index (χ4v) is 13.2. The van der Waals surface area contributed by atoms with Gasteiger partial charge in [0.1, 0.15) is 0 Å². The molecule has 1 heterocycles. The van der Waals surface area contributed by atoms with Crippen molar-refractivity contribution in [2.75, 3.05) is 19.6 Å². The number of rotatable bonds is 11. The van der Waals surface area contributed by atoms with Crippen molar-refractivity contribution in [1.82, 2.24) is 4.90 Å². The Morgan fingerprint density at radius 1 is 0.737 bits per heavy atom. The van der Waals surface area contributed by atoms with Gasteiger partial charge in [-0.15, -0.1) is 0 Å². The fraction of sp³-hybridized carbons (Fsp3) is 1.00. The minimum atomic E-state index is -0.933. The van der Waals surface area contributed by atoms with Crippen LogP contribution in [0.3, 0.4) is 0 Å². The Balaban J connectivity index is 2.04. The molecule has 0 atom stereocenters. The van der Waals surface area contributed by atoms with E-state index in [9.17, 15) is 0 Å². The first-order valence-electron chi connectivity index (χ1n) is 9.09. The molecule has 0 bridgehead atoms. The van der Waals surface area contributed by atoms with Gasteiger partial charge >= 0.3 is 130 Å². The standard InChI is InChI=1S/C12H26N.C5H10.In/c1-4-7-10-13(11-8-5-2)12-9-6-3;1-3-5-4-2;/h1,4-12H2,2-3H3;1-5H2;. The monoisotopic (exact) mass is 369 g/mol. The van der Waals surface area contributed by atoms with Crippen molar-refractivity contribution in [3.8, 4) is 0 Å². The second kappa shape index (κ2) is 12.6. The summed E-state index contributed by atoms with van der Waals surface area (Å²) < 4.78 is 5.19. The van der Waals surface area contributed by atoms with E-state index in [1.165, 1.54) is 51.7 Å². The molecule has 0 unspecified atom stereocenters. The Labute approximate surface area is 130 Å². The maximum atomic E-state index is 2.74. The molecule has 0 amide bonds. The summed E-state index contributed by atoms with van der Waals surface area (Å²) in [5, 5.41) is 0. The van der Waals surface area contributed by atoms with Crippen LogP contribution in [0, 0.1) is 0 Å². The molecular formula is C17H36InN. The second-order valence-corrected chi connectivity index (χ2v) is 16.4. The first-order chi connectivity index (χ1) is 9.36. The zero-order valence-corrected chi connectivity index (χ0v) is 16.9. The number of hydrogen-bond donors (Lipinski definition) is 0. The minimum absolute atomic E-state index is 0.933. The molecule has 1 saturated heterocycles. The van der Waals surface area contributed by atoms with Crippen LogP contribution in [0.1, 0.15) is 71.6 Å². The Morgan fingerprint density at radius 2 is 1.32 bits per heavy atom. The van der Waals surface area contributed by atoms with E-state index in [2.05, 4.69) is 18.7 Å². The number of hydrogen-bond acceptors (Lipinski definition) is 1. The first kappa shape index (κ1) is 17.9. The topological polar surface area (TPSA) is 3.24 Å². The zero-order chi connectivity index (χ0) is 13.8. The van der Waals surface area contributed by atoms with Gasteiger partial charge in [0.05, 0.1) is 0 Å². The van der Waals surface area contributed by atoms with Gasteiger partial charge in [-0.3, -0.25) is 0 Å². The third kappa shape index (κ3) is 9.39. The van der Waals surface area contributed by atoms with Crippen LogP contribution in [0.15, 0.2) is 0 Å². The van der Waals surface area contributed by atoms with Crippen molar-refractivity contribution in [1.29, 1.82) is 0 Å². The quantitative estimate of drug-likeness (QED) is 0.444. The SMILES string of the molecule is CCCCN(CCCC)CCC[CH2][In]1[CH2]CCC[CH2]1. The van der Waals surface area contributed by atoms with Gasteiger partial charge in [0.25, 0.3) is 0 Å². The molecule has 0 N–H and O–H groups in total. The fourth-order valence-electron chi connectivity index (χ4n) is 3.34. The molecule has 0 aliphatic carbocycles. The van der Waals surface area contributed by atoms with Crippen LogP contribution in [0.2, 0.25) is 12.5 Å². The molecule has 0 aromatic heterocycles. The molecule has 0 radical (unpaired) electrons. The van der Waals surface area contributed by atoms with Gasteiger partial charge in [-0.1, -0.05) is 0 Å². The summed E-state index contributed by atoms with van der Waals surface area (Å²) in [4.78, 5) is 2.74. The maximum absolute atomic E-state index is 2.74. The molecule has 1 aliphatic heterocycles. The van der Waals surface area contributed by atoms with Gasteiger partial charge in [0, 0.05) is 0 Å². The van der Waals surface area contributed by atoms with E-state index in [1.54, 1.807) is 38.2 Å². The van der Waals surface area contributed by atoms with Crippen molar-refractivity contribution in [3.63, 3.8) is 0 Å². The summed E-state index contributed by atoms with van der Waals surface area (Å²) in [5.74, 6) is 0. The van der Waals surface area contributed by atoms with Crippen LogP contribution in [-0.2, 0) is 0 Å². The summed E-state index contributed by atoms with van der Waals surface area (Å²) in [6, 6.07) is 0. The van der Waals surface area contributed by atoms with Gasteiger partial charge < -0.3 is 0 Å². The molecule has 1 nitrogen and oxygen atoms in total. The van der Waals surface area contributed by atoms with Crippen LogP contribution in [0.25, 0.3) is 0 Å². The molecule has 1 aliphatic rings. The molecule has 112 valence electrons. The van der Waals surface area contributed by atoms with Gasteiger partial charge in [-0.2, -0.15) is 0 Å². The molecule has 1 rings (SSSR count). The Morgan fingerprint density at radius 3 is 1.89 bits per heavy atom. The van der Waals surface area contributed by atoms with Gasteiger partial charge in [0.15, 0.2) is 0 Å². The van der Waals surface area contributed by atoms with Gasteiger partial charge in [0.2, 0.25) is 0 Å². The average molecular weight is 369 g/mol. The zero-order valence-electron chi connectivity index (χ0n) is 13.6. The second-order valence-electron chi connectivity index (χ2n) is 6.55. The van der Waals surface area contributed by atoms with Gasteiger partial charge in [-0.05, 0) is 0 Å². The summed E-state index contributed by atoms with van der Waals surface area (Å²) in [5.41, 5.74) is 0. The van der Waals surface area contributed by atoms with E-state index in [0.717, 1.165) is 0 Å². The van der Waals surface area contributed by atoms with E-state index in [4.69, 9.17) is 0 Å². The number of nitrogens with zero attached hydrogens (tertiary/aromatic N) is 1. The molecule has 0 saturated carbocycles. The number of unbranched alkanes of at least 4 members (excludes halogenated alkanes) is 3. The van der Waals surface area contributed by atoms with Crippen LogP contribution in [0.4, 0.5) is 0 Å². The van der Waals surface area contributed by atoms with Crippen molar-refractivity contribution in [2.24, 2.45) is 0 Å². The van der Waals surface area contributed by atoms with Crippen LogP contribution in [0.5, 0.6) is 0 Å². The van der Waals surface area contributed by atoms with E-state index in [-0.39, 0.29) is 0 Å². The Kier molecular flexibility index (Phi) is 11.8. The molecule has 1 fully saturated rings. The van der Waals surface area contributed by atoms with E-state index in [0.29, 0.717) is 0 Å². The summed E-state index contributed by atoms with van der Waals surface area (Å²) >= 11 is -0.933. The molecule has 0 spiro atoms. The third-order valence-electron chi connectivity index (χ3n) is 4.72. The normalized spacial score (nSPS) is 16.3. The molecular weight excluding hydrogens is 333 g/mol. The first-order valence-corrected chi connectivity index (χ1v) is 16.1. The predicted octanol–water partition coefficient (Wildman–Crippen LogP) is 5.35. The molecule has 2 heteroatoms. The van der Waals surface area contributed by atoms with Crippen molar-refractivity contribution < 1.29 is 0 Å². The van der Waals surface area contributed by atoms with E-state index >= 15 is 0 Å².